The van der Waals surface area contributed by atoms with Gasteiger partial charge in [-0.25, -0.2) is 4.79 Å². The highest BCUT2D eigenvalue weighted by Crippen LogP contribution is 2.27. The van der Waals surface area contributed by atoms with Crippen LogP contribution in [-0.2, 0) is 20.9 Å². The first-order chi connectivity index (χ1) is 19.5. The number of benzene rings is 2. The van der Waals surface area contributed by atoms with E-state index in [1.54, 1.807) is 37.8 Å². The number of nitrogens with one attached hydrogen (secondary N) is 2. The molecule has 7 heteroatoms. The fourth-order valence-corrected chi connectivity index (χ4v) is 4.58. The van der Waals surface area contributed by atoms with Crippen molar-refractivity contribution in [1.29, 1.82) is 0 Å². The second-order valence-electron chi connectivity index (χ2n) is 11.7. The minimum atomic E-state index is -0.980. The molecule has 2 unspecified atom stereocenters. The predicted octanol–water partition coefficient (Wildman–Crippen LogP) is 6.37. The number of hydrogen-bond acceptors (Lipinski definition) is 4. The van der Waals surface area contributed by atoms with Crippen molar-refractivity contribution in [2.45, 2.75) is 97.9 Å². The lowest BCUT2D eigenvalue weighted by molar-refractivity contribution is -0.143. The average Bonchev–Trinajstić information content (AvgIpc) is 2.93. The third-order valence-electron chi connectivity index (χ3n) is 6.67. The topological polar surface area (TPSA) is 87.7 Å². The molecular weight excluding hydrogens is 514 g/mol. The van der Waals surface area contributed by atoms with Gasteiger partial charge in [0.05, 0.1) is 0 Å². The molecule has 0 aliphatic heterocycles. The number of rotatable bonds is 14. The highest BCUT2D eigenvalue weighted by Gasteiger charge is 2.38. The van der Waals surface area contributed by atoms with Crippen LogP contribution >= 0.6 is 0 Å². The second kappa shape index (κ2) is 16.5. The largest absolute Gasteiger partial charge is 0.444 e. The third kappa shape index (κ3) is 11.0. The van der Waals surface area contributed by atoms with Gasteiger partial charge >= 0.3 is 6.09 Å². The normalized spacial score (nSPS) is 12.6. The van der Waals surface area contributed by atoms with Crippen LogP contribution in [0.15, 0.2) is 54.6 Å². The third-order valence-corrected chi connectivity index (χ3v) is 6.67. The number of unbranched alkanes of at least 4 members (excludes halogenated alkanes) is 4. The molecule has 0 saturated heterocycles. The maximum Gasteiger partial charge on any atom is 0.408 e. The number of terminal acetylenes is 1. The Morgan fingerprint density at radius 3 is 2.20 bits per heavy atom. The molecule has 222 valence electrons. The van der Waals surface area contributed by atoms with Crippen molar-refractivity contribution < 1.29 is 19.1 Å². The number of carbonyl (C=O) groups excluding carboxylic acids is 3. The summed E-state index contributed by atoms with van der Waals surface area (Å²) in [4.78, 5) is 42.7. The molecule has 3 amide bonds. The smallest absolute Gasteiger partial charge is 0.408 e. The molecule has 0 aliphatic rings. The van der Waals surface area contributed by atoms with Crippen LogP contribution in [0.2, 0.25) is 0 Å². The molecule has 41 heavy (non-hydrogen) atoms. The number of nitrogens with zero attached hydrogens (tertiary/aromatic N) is 1. The summed E-state index contributed by atoms with van der Waals surface area (Å²) in [5.74, 6) is 1.74. The molecule has 2 aromatic rings. The Kier molecular flexibility index (Phi) is 13.4. The van der Waals surface area contributed by atoms with E-state index in [1.807, 2.05) is 56.3 Å². The molecule has 0 heterocycles. The van der Waals surface area contributed by atoms with Gasteiger partial charge in [0.2, 0.25) is 11.8 Å². The van der Waals surface area contributed by atoms with E-state index in [4.69, 9.17) is 11.2 Å². The zero-order valence-electron chi connectivity index (χ0n) is 25.5. The van der Waals surface area contributed by atoms with Crippen molar-refractivity contribution in [2.24, 2.45) is 5.92 Å². The molecule has 0 aliphatic carbocycles. The monoisotopic (exact) mass is 561 g/mol. The van der Waals surface area contributed by atoms with Crippen molar-refractivity contribution in [3.8, 4) is 12.3 Å². The van der Waals surface area contributed by atoms with Crippen LogP contribution < -0.4 is 10.6 Å². The second-order valence-corrected chi connectivity index (χ2v) is 11.7. The van der Waals surface area contributed by atoms with Gasteiger partial charge in [0, 0.05) is 18.7 Å². The number of ether oxygens (including phenoxy) is 1. The molecule has 7 nitrogen and oxygen atoms in total. The minimum absolute atomic E-state index is 0.256. The minimum Gasteiger partial charge on any atom is -0.444 e. The van der Waals surface area contributed by atoms with E-state index in [-0.39, 0.29) is 17.7 Å². The molecule has 0 spiro atoms. The predicted molar refractivity (Wildman–Crippen MR) is 164 cm³/mol. The lowest BCUT2D eigenvalue weighted by Gasteiger charge is -2.36. The van der Waals surface area contributed by atoms with Crippen molar-refractivity contribution >= 4 is 17.9 Å². The number of carbonyl (C=O) groups is 3. The molecule has 0 bridgehead atoms. The summed E-state index contributed by atoms with van der Waals surface area (Å²) in [5, 5.41) is 5.79. The van der Waals surface area contributed by atoms with E-state index in [9.17, 15) is 14.4 Å². The van der Waals surface area contributed by atoms with Crippen molar-refractivity contribution in [3.05, 3.63) is 71.3 Å². The summed E-state index contributed by atoms with van der Waals surface area (Å²) in [7, 11) is 0. The van der Waals surface area contributed by atoms with Crippen LogP contribution in [0.3, 0.4) is 0 Å². The first-order valence-corrected chi connectivity index (χ1v) is 14.7. The van der Waals surface area contributed by atoms with Gasteiger partial charge in [-0.3, -0.25) is 9.59 Å². The quantitative estimate of drug-likeness (QED) is 0.207. The fraction of sp³-hybridized carbons (Fsp3) is 0.500. The first kappa shape index (κ1) is 33.4. The van der Waals surface area contributed by atoms with Gasteiger partial charge in [-0.05, 0) is 50.3 Å². The van der Waals surface area contributed by atoms with Gasteiger partial charge < -0.3 is 20.3 Å². The molecular formula is C34H47N3O4. The lowest BCUT2D eigenvalue weighted by atomic mass is 9.95. The van der Waals surface area contributed by atoms with Crippen LogP contribution in [0.5, 0.6) is 0 Å². The molecule has 2 aromatic carbocycles. The Morgan fingerprint density at radius 2 is 1.59 bits per heavy atom. The molecule has 0 saturated carbocycles. The van der Waals surface area contributed by atoms with E-state index >= 15 is 0 Å². The van der Waals surface area contributed by atoms with Gasteiger partial charge in [-0.2, -0.15) is 0 Å². The average molecular weight is 562 g/mol. The Morgan fingerprint density at radius 1 is 0.951 bits per heavy atom. The Balaban J connectivity index is 2.51. The first-order valence-electron chi connectivity index (χ1n) is 14.7. The molecule has 2 N–H and O–H groups in total. The number of amides is 3. The standard InChI is InChI=1S/C34H47N3O4/c1-8-10-11-12-18-23-37(32(39)29(25(3)4)36-33(40)41-34(5,6)7)30(28-22-17-16-21-27(28)9-2)31(38)35-24-26-19-14-13-15-20-26/h2,13-17,19-22,25,29-30H,8,10-12,18,23-24H2,1,3-7H3,(H,35,38)(H,36,40). The van der Waals surface area contributed by atoms with E-state index in [0.29, 0.717) is 30.6 Å². The highest BCUT2D eigenvalue weighted by molar-refractivity contribution is 5.92. The van der Waals surface area contributed by atoms with E-state index in [1.165, 1.54) is 0 Å². The van der Waals surface area contributed by atoms with Gasteiger partial charge in [0.25, 0.3) is 0 Å². The van der Waals surface area contributed by atoms with E-state index in [0.717, 1.165) is 31.2 Å². The Hall–Kier alpha value is -3.79. The summed E-state index contributed by atoms with van der Waals surface area (Å²) >= 11 is 0. The van der Waals surface area contributed by atoms with Gasteiger partial charge in [0.1, 0.15) is 17.7 Å². The van der Waals surface area contributed by atoms with Gasteiger partial charge in [-0.1, -0.05) is 101 Å². The fourth-order valence-electron chi connectivity index (χ4n) is 4.58. The van der Waals surface area contributed by atoms with Gasteiger partial charge in [0.15, 0.2) is 0 Å². The van der Waals surface area contributed by atoms with Crippen LogP contribution in [-0.4, -0.2) is 41.0 Å². The van der Waals surface area contributed by atoms with Crippen molar-refractivity contribution in [1.82, 2.24) is 15.5 Å². The van der Waals surface area contributed by atoms with Crippen LogP contribution in [0.25, 0.3) is 0 Å². The van der Waals surface area contributed by atoms with Crippen LogP contribution in [0, 0.1) is 18.3 Å². The summed E-state index contributed by atoms with van der Waals surface area (Å²) in [6.07, 6.45) is 10.0. The molecule has 0 radical (unpaired) electrons. The van der Waals surface area contributed by atoms with Gasteiger partial charge in [-0.15, -0.1) is 6.42 Å². The highest BCUT2D eigenvalue weighted by atomic mass is 16.6. The van der Waals surface area contributed by atoms with Crippen LogP contribution in [0.1, 0.15) is 96.4 Å². The lowest BCUT2D eigenvalue weighted by Crippen LogP contribution is -2.55. The Labute approximate surface area is 246 Å². The maximum absolute atomic E-state index is 14.3. The zero-order chi connectivity index (χ0) is 30.4. The summed E-state index contributed by atoms with van der Waals surface area (Å²) in [6, 6.07) is 14.9. The van der Waals surface area contributed by atoms with E-state index in [2.05, 4.69) is 23.5 Å². The number of hydrogen-bond donors (Lipinski definition) is 2. The van der Waals surface area contributed by atoms with Crippen LogP contribution in [0.4, 0.5) is 4.79 Å². The van der Waals surface area contributed by atoms with E-state index < -0.39 is 23.8 Å². The summed E-state index contributed by atoms with van der Waals surface area (Å²) < 4.78 is 5.46. The molecule has 0 aromatic heterocycles. The van der Waals surface area contributed by atoms with Crippen molar-refractivity contribution in [2.75, 3.05) is 6.54 Å². The molecule has 2 atom stereocenters. The SMILES string of the molecule is C#Cc1ccccc1C(C(=O)NCc1ccccc1)N(CCCCCCC)C(=O)C(NC(=O)OC(C)(C)C)C(C)C. The number of alkyl carbamates (subject to hydrolysis) is 1. The summed E-state index contributed by atoms with van der Waals surface area (Å²) in [6.45, 7) is 11.8. The maximum atomic E-state index is 14.3. The molecule has 2 rings (SSSR count). The Bertz CT molecular complexity index is 1160. The zero-order valence-corrected chi connectivity index (χ0v) is 25.5. The summed E-state index contributed by atoms with van der Waals surface area (Å²) in [5.41, 5.74) is 1.33. The molecule has 0 fully saturated rings. The van der Waals surface area contributed by atoms with Crippen molar-refractivity contribution in [3.63, 3.8) is 0 Å².